The molecule has 1 amide bonds. The summed E-state index contributed by atoms with van der Waals surface area (Å²) in [7, 11) is 0. The maximum Gasteiger partial charge on any atom is 0.273 e. The summed E-state index contributed by atoms with van der Waals surface area (Å²) < 4.78 is 1.46. The number of carbonyl (C=O) groups excluding carboxylic acids is 1. The molecule has 0 spiro atoms. The molecule has 7 nitrogen and oxygen atoms in total. The van der Waals surface area contributed by atoms with E-state index in [9.17, 15) is 9.59 Å². The van der Waals surface area contributed by atoms with Gasteiger partial charge >= 0.3 is 0 Å². The second kappa shape index (κ2) is 5.86. The molecule has 4 heterocycles. The minimum atomic E-state index is -0.0934. The molecule has 1 aliphatic heterocycles. The Kier molecular flexibility index (Phi) is 3.68. The van der Waals surface area contributed by atoms with E-state index in [1.807, 2.05) is 17.9 Å². The minimum Gasteiger partial charge on any atom is -0.337 e. The number of hydrogen-bond acceptors (Lipinski definition) is 5. The predicted molar refractivity (Wildman–Crippen MR) is 90.5 cm³/mol. The lowest BCUT2D eigenvalue weighted by Gasteiger charge is -2.31. The number of aryl methyl sites for hydroxylation is 1. The molecule has 0 unspecified atom stereocenters. The van der Waals surface area contributed by atoms with E-state index in [1.54, 1.807) is 17.0 Å². The smallest absolute Gasteiger partial charge is 0.273 e. The van der Waals surface area contributed by atoms with Crippen LogP contribution in [-0.4, -0.2) is 43.5 Å². The zero-order valence-corrected chi connectivity index (χ0v) is 14.0. The SMILES string of the molecule is Cc1cc2nc(C3CCN(C(=O)c4cscn4)CC3)cc(=O)n2[nH]1. The van der Waals surface area contributed by atoms with Gasteiger partial charge in [-0.2, -0.15) is 0 Å². The molecule has 1 saturated heterocycles. The highest BCUT2D eigenvalue weighted by atomic mass is 32.1. The molecule has 4 rings (SSSR count). The number of nitrogens with zero attached hydrogens (tertiary/aromatic N) is 4. The highest BCUT2D eigenvalue weighted by molar-refractivity contribution is 7.07. The summed E-state index contributed by atoms with van der Waals surface area (Å²) in [4.78, 5) is 35.1. The molecule has 24 heavy (non-hydrogen) atoms. The highest BCUT2D eigenvalue weighted by Gasteiger charge is 2.26. The van der Waals surface area contributed by atoms with Gasteiger partial charge in [0.15, 0.2) is 5.65 Å². The third-order valence-corrected chi connectivity index (χ3v) is 5.04. The van der Waals surface area contributed by atoms with Crippen molar-refractivity contribution in [3.05, 3.63) is 50.5 Å². The summed E-state index contributed by atoms with van der Waals surface area (Å²) in [6.07, 6.45) is 1.61. The number of nitrogens with one attached hydrogen (secondary N) is 1. The van der Waals surface area contributed by atoms with Crippen LogP contribution < -0.4 is 5.56 Å². The Hall–Kier alpha value is -2.48. The first kappa shape index (κ1) is 15.1. The molecule has 124 valence electrons. The summed E-state index contributed by atoms with van der Waals surface area (Å²) in [6.45, 7) is 3.22. The summed E-state index contributed by atoms with van der Waals surface area (Å²) in [5.74, 6) is 0.192. The van der Waals surface area contributed by atoms with Crippen molar-refractivity contribution in [3.63, 3.8) is 0 Å². The highest BCUT2D eigenvalue weighted by Crippen LogP contribution is 2.27. The summed E-state index contributed by atoms with van der Waals surface area (Å²) in [6, 6.07) is 3.47. The predicted octanol–water partition coefficient (Wildman–Crippen LogP) is 1.81. The number of carbonyl (C=O) groups is 1. The van der Waals surface area contributed by atoms with E-state index >= 15 is 0 Å². The Morgan fingerprint density at radius 2 is 2.12 bits per heavy atom. The molecular formula is C16H17N5O2S. The monoisotopic (exact) mass is 343 g/mol. The van der Waals surface area contributed by atoms with Crippen LogP contribution in [0, 0.1) is 6.92 Å². The van der Waals surface area contributed by atoms with E-state index in [1.165, 1.54) is 15.9 Å². The molecule has 1 fully saturated rings. The van der Waals surface area contributed by atoms with Gasteiger partial charge in [0.05, 0.1) is 11.2 Å². The zero-order valence-electron chi connectivity index (χ0n) is 13.2. The molecule has 1 N–H and O–H groups in total. The average Bonchev–Trinajstić information content (AvgIpc) is 3.23. The van der Waals surface area contributed by atoms with Crippen LogP contribution in [0.3, 0.4) is 0 Å². The standard InChI is InChI=1S/C16H17N5O2S/c1-10-6-14-18-12(7-15(22)21(14)19-10)11-2-4-20(5-3-11)16(23)13-8-24-9-17-13/h6-9,11,19H,2-5H2,1H3. The number of thiazole rings is 1. The van der Waals surface area contributed by atoms with Crippen LogP contribution in [0.4, 0.5) is 0 Å². The first-order valence-corrected chi connectivity index (χ1v) is 8.83. The average molecular weight is 343 g/mol. The van der Waals surface area contributed by atoms with E-state index in [2.05, 4.69) is 15.1 Å². The Morgan fingerprint density at radius 1 is 1.33 bits per heavy atom. The van der Waals surface area contributed by atoms with Crippen molar-refractivity contribution in [2.75, 3.05) is 13.1 Å². The minimum absolute atomic E-state index is 0.0144. The number of amides is 1. The molecule has 1 aliphatic rings. The topological polar surface area (TPSA) is 83.4 Å². The van der Waals surface area contributed by atoms with E-state index in [0.717, 1.165) is 24.2 Å². The quantitative estimate of drug-likeness (QED) is 0.769. The molecule has 8 heteroatoms. The Morgan fingerprint density at radius 3 is 2.83 bits per heavy atom. The van der Waals surface area contributed by atoms with Crippen molar-refractivity contribution in [2.24, 2.45) is 0 Å². The molecule has 0 bridgehead atoms. The van der Waals surface area contributed by atoms with Gasteiger partial charge in [0, 0.05) is 42.2 Å². The molecule has 0 saturated carbocycles. The van der Waals surface area contributed by atoms with Crippen LogP contribution in [0.5, 0.6) is 0 Å². The lowest BCUT2D eigenvalue weighted by atomic mass is 9.93. The first-order valence-electron chi connectivity index (χ1n) is 7.88. The van der Waals surface area contributed by atoms with Crippen molar-refractivity contribution in [1.29, 1.82) is 0 Å². The van der Waals surface area contributed by atoms with Gasteiger partial charge in [0.25, 0.3) is 11.5 Å². The fraction of sp³-hybridized carbons (Fsp3) is 0.375. The van der Waals surface area contributed by atoms with Gasteiger partial charge in [0.1, 0.15) is 5.69 Å². The van der Waals surface area contributed by atoms with Gasteiger partial charge in [-0.3, -0.25) is 14.7 Å². The summed E-state index contributed by atoms with van der Waals surface area (Å²) in [5.41, 5.74) is 4.46. The van der Waals surface area contributed by atoms with Crippen molar-refractivity contribution in [2.45, 2.75) is 25.7 Å². The molecule has 0 radical (unpaired) electrons. The van der Waals surface area contributed by atoms with Crippen LogP contribution in [0.1, 0.15) is 40.6 Å². The van der Waals surface area contributed by atoms with Crippen molar-refractivity contribution < 1.29 is 4.79 Å². The summed E-state index contributed by atoms with van der Waals surface area (Å²) in [5, 5.41) is 4.75. The Labute approximate surface area is 142 Å². The van der Waals surface area contributed by atoms with E-state index in [4.69, 9.17) is 0 Å². The van der Waals surface area contributed by atoms with Crippen LogP contribution in [0.15, 0.2) is 27.8 Å². The third kappa shape index (κ3) is 2.62. The van der Waals surface area contributed by atoms with E-state index < -0.39 is 0 Å². The van der Waals surface area contributed by atoms with Gasteiger partial charge in [-0.25, -0.2) is 14.5 Å². The van der Waals surface area contributed by atoms with E-state index in [0.29, 0.717) is 24.4 Å². The number of likely N-dealkylation sites (tertiary alicyclic amines) is 1. The maximum absolute atomic E-state index is 12.3. The van der Waals surface area contributed by atoms with Crippen molar-refractivity contribution in [1.82, 2.24) is 24.5 Å². The van der Waals surface area contributed by atoms with Gasteiger partial charge in [-0.15, -0.1) is 11.3 Å². The summed E-state index contributed by atoms with van der Waals surface area (Å²) >= 11 is 1.43. The second-order valence-corrected chi connectivity index (χ2v) is 6.81. The molecule has 3 aromatic heterocycles. The lowest BCUT2D eigenvalue weighted by molar-refractivity contribution is 0.0707. The fourth-order valence-electron chi connectivity index (χ4n) is 3.20. The number of fused-ring (bicyclic) bond motifs is 1. The van der Waals surface area contributed by atoms with Crippen molar-refractivity contribution >= 4 is 22.9 Å². The molecule has 3 aromatic rings. The number of rotatable bonds is 2. The number of hydrogen-bond donors (Lipinski definition) is 1. The van der Waals surface area contributed by atoms with Gasteiger partial charge in [-0.05, 0) is 19.8 Å². The normalized spacial score (nSPS) is 16.0. The van der Waals surface area contributed by atoms with Crippen LogP contribution in [-0.2, 0) is 0 Å². The molecule has 0 atom stereocenters. The van der Waals surface area contributed by atoms with Gasteiger partial charge < -0.3 is 4.90 Å². The fourth-order valence-corrected chi connectivity index (χ4v) is 3.72. The lowest BCUT2D eigenvalue weighted by Crippen LogP contribution is -2.38. The van der Waals surface area contributed by atoms with Crippen molar-refractivity contribution in [3.8, 4) is 0 Å². The van der Waals surface area contributed by atoms with Crippen LogP contribution in [0.2, 0.25) is 0 Å². The number of aromatic nitrogens is 4. The second-order valence-electron chi connectivity index (χ2n) is 6.09. The van der Waals surface area contributed by atoms with Gasteiger partial charge in [-0.1, -0.05) is 0 Å². The number of H-pyrrole nitrogens is 1. The molecule has 0 aliphatic carbocycles. The maximum atomic E-state index is 12.3. The third-order valence-electron chi connectivity index (χ3n) is 4.45. The number of piperidine rings is 1. The Balaban J connectivity index is 1.51. The Bertz CT molecular complexity index is 935. The number of aromatic amines is 1. The van der Waals surface area contributed by atoms with Gasteiger partial charge in [0.2, 0.25) is 0 Å². The molecular weight excluding hydrogens is 326 g/mol. The molecule has 0 aromatic carbocycles. The first-order chi connectivity index (χ1) is 11.6. The zero-order chi connectivity index (χ0) is 16.7. The largest absolute Gasteiger partial charge is 0.337 e. The van der Waals surface area contributed by atoms with Crippen LogP contribution in [0.25, 0.3) is 5.65 Å². The van der Waals surface area contributed by atoms with Crippen LogP contribution >= 0.6 is 11.3 Å². The van der Waals surface area contributed by atoms with E-state index in [-0.39, 0.29) is 17.4 Å².